The van der Waals surface area contributed by atoms with Crippen LogP contribution in [0.2, 0.25) is 0 Å². The molecule has 0 aromatic heterocycles. The number of ether oxygens (including phenoxy) is 4. The third-order valence-corrected chi connectivity index (χ3v) is 2.56. The van der Waals surface area contributed by atoms with Gasteiger partial charge >= 0.3 is 12.4 Å². The van der Waals surface area contributed by atoms with Crippen LogP contribution in [0, 0.1) is 6.92 Å². The lowest BCUT2D eigenvalue weighted by Gasteiger charge is -2.27. The van der Waals surface area contributed by atoms with E-state index in [0.29, 0.717) is 5.56 Å². The lowest BCUT2D eigenvalue weighted by molar-refractivity contribution is -0.309. The van der Waals surface area contributed by atoms with Crippen molar-refractivity contribution in [3.8, 4) is 0 Å². The topological polar surface area (TPSA) is 71.1 Å². The number of esters is 1. The molecule has 1 aliphatic heterocycles. The number of carbonyl (C=O) groups is 2. The quantitative estimate of drug-likeness (QED) is 0.598. The molecule has 1 aliphatic rings. The van der Waals surface area contributed by atoms with Gasteiger partial charge < -0.3 is 18.9 Å². The van der Waals surface area contributed by atoms with E-state index in [2.05, 4.69) is 4.74 Å². The number of benzene rings is 1. The second kappa shape index (κ2) is 6.31. The summed E-state index contributed by atoms with van der Waals surface area (Å²) in [5, 5.41) is 0. The first kappa shape index (κ1) is 13.5. The number of aryl methyl sites for hydroxylation is 1. The van der Waals surface area contributed by atoms with E-state index in [4.69, 9.17) is 14.2 Å². The van der Waals surface area contributed by atoms with Crippen molar-refractivity contribution >= 4 is 12.4 Å². The lowest BCUT2D eigenvalue weighted by atomic mass is 10.1. The summed E-state index contributed by atoms with van der Waals surface area (Å²) in [5.74, 6) is -0.438. The van der Waals surface area contributed by atoms with Crippen LogP contribution in [0.15, 0.2) is 24.3 Å². The molecule has 1 heterocycles. The molecule has 102 valence electrons. The zero-order valence-corrected chi connectivity index (χ0v) is 10.4. The normalized spacial score (nSPS) is 22.6. The van der Waals surface area contributed by atoms with Crippen molar-refractivity contribution in [3.05, 3.63) is 35.4 Å². The Balaban J connectivity index is 1.83. The number of carbonyl (C=O) groups excluding carboxylic acids is 2. The van der Waals surface area contributed by atoms with Gasteiger partial charge in [-0.3, -0.25) is 4.79 Å². The SMILES string of the molecule is Cc1ccc(C(=O)OC2COC(OC=O)OC2)cc1. The van der Waals surface area contributed by atoms with E-state index in [1.807, 2.05) is 19.1 Å². The molecule has 2 rings (SSSR count). The molecule has 0 atom stereocenters. The van der Waals surface area contributed by atoms with E-state index in [0.717, 1.165) is 5.56 Å². The Morgan fingerprint density at radius 1 is 1.26 bits per heavy atom. The molecule has 1 fully saturated rings. The van der Waals surface area contributed by atoms with Crippen molar-refractivity contribution in [1.82, 2.24) is 0 Å². The van der Waals surface area contributed by atoms with E-state index in [-0.39, 0.29) is 19.7 Å². The van der Waals surface area contributed by atoms with Crippen molar-refractivity contribution in [2.24, 2.45) is 0 Å². The smallest absolute Gasteiger partial charge is 0.338 e. The Hall–Kier alpha value is -1.92. The van der Waals surface area contributed by atoms with Crippen molar-refractivity contribution in [2.45, 2.75) is 19.5 Å². The third-order valence-electron chi connectivity index (χ3n) is 2.56. The second-order valence-corrected chi connectivity index (χ2v) is 4.08. The van der Waals surface area contributed by atoms with E-state index in [1.54, 1.807) is 12.1 Å². The summed E-state index contributed by atoms with van der Waals surface area (Å²) < 4.78 is 19.7. The largest absolute Gasteiger partial charge is 0.454 e. The summed E-state index contributed by atoms with van der Waals surface area (Å²) in [6.07, 6.45) is -0.514. The molecule has 0 spiro atoms. The van der Waals surface area contributed by atoms with Gasteiger partial charge in [-0.2, -0.15) is 0 Å². The summed E-state index contributed by atoms with van der Waals surface area (Å²) in [6, 6.07) is 7.05. The maximum atomic E-state index is 11.8. The molecule has 19 heavy (non-hydrogen) atoms. The Morgan fingerprint density at radius 2 is 1.89 bits per heavy atom. The van der Waals surface area contributed by atoms with Crippen molar-refractivity contribution in [1.29, 1.82) is 0 Å². The number of hydrogen-bond acceptors (Lipinski definition) is 6. The zero-order chi connectivity index (χ0) is 13.7. The Bertz CT molecular complexity index is 433. The fourth-order valence-electron chi connectivity index (χ4n) is 1.57. The molecule has 0 radical (unpaired) electrons. The van der Waals surface area contributed by atoms with Crippen LogP contribution < -0.4 is 0 Å². The van der Waals surface area contributed by atoms with Gasteiger partial charge in [0.25, 0.3) is 6.47 Å². The highest BCUT2D eigenvalue weighted by molar-refractivity contribution is 5.89. The van der Waals surface area contributed by atoms with Crippen molar-refractivity contribution in [2.75, 3.05) is 13.2 Å². The van der Waals surface area contributed by atoms with Crippen LogP contribution in [-0.2, 0) is 23.7 Å². The predicted molar refractivity (Wildman–Crippen MR) is 63.2 cm³/mol. The van der Waals surface area contributed by atoms with Gasteiger partial charge in [0.05, 0.1) is 18.8 Å². The Morgan fingerprint density at radius 3 is 2.47 bits per heavy atom. The van der Waals surface area contributed by atoms with Gasteiger partial charge in [-0.25, -0.2) is 4.79 Å². The van der Waals surface area contributed by atoms with Crippen LogP contribution >= 0.6 is 0 Å². The van der Waals surface area contributed by atoms with Gasteiger partial charge in [0.2, 0.25) is 0 Å². The van der Waals surface area contributed by atoms with Gasteiger partial charge in [-0.15, -0.1) is 0 Å². The second-order valence-electron chi connectivity index (χ2n) is 4.08. The number of hydrogen-bond donors (Lipinski definition) is 0. The summed E-state index contributed by atoms with van der Waals surface area (Å²) in [6.45, 7) is 1.40. The monoisotopic (exact) mass is 266 g/mol. The molecular weight excluding hydrogens is 252 g/mol. The van der Waals surface area contributed by atoms with Gasteiger partial charge in [0.1, 0.15) is 6.10 Å². The maximum absolute atomic E-state index is 11.8. The van der Waals surface area contributed by atoms with Crippen LogP contribution in [-0.4, -0.2) is 38.2 Å². The van der Waals surface area contributed by atoms with Gasteiger partial charge in [-0.1, -0.05) is 17.7 Å². The van der Waals surface area contributed by atoms with Crippen molar-refractivity contribution < 1.29 is 28.5 Å². The summed E-state index contributed by atoms with van der Waals surface area (Å²) in [7, 11) is 0. The van der Waals surface area contributed by atoms with Gasteiger partial charge in [0, 0.05) is 0 Å². The lowest BCUT2D eigenvalue weighted by Crippen LogP contribution is -2.39. The summed E-state index contributed by atoms with van der Waals surface area (Å²) in [5.41, 5.74) is 1.53. The van der Waals surface area contributed by atoms with E-state index in [9.17, 15) is 9.59 Å². The van der Waals surface area contributed by atoms with Crippen LogP contribution in [0.25, 0.3) is 0 Å². The first-order valence-corrected chi connectivity index (χ1v) is 5.79. The van der Waals surface area contributed by atoms with Crippen LogP contribution in [0.1, 0.15) is 15.9 Å². The van der Waals surface area contributed by atoms with Crippen LogP contribution in [0.5, 0.6) is 0 Å². The zero-order valence-electron chi connectivity index (χ0n) is 10.4. The molecule has 0 amide bonds. The van der Waals surface area contributed by atoms with E-state index >= 15 is 0 Å². The van der Waals surface area contributed by atoms with Gasteiger partial charge in [-0.05, 0) is 19.1 Å². The molecular formula is C13H14O6. The maximum Gasteiger partial charge on any atom is 0.338 e. The highest BCUT2D eigenvalue weighted by Gasteiger charge is 2.26. The Kier molecular flexibility index (Phi) is 4.48. The minimum absolute atomic E-state index is 0.121. The fourth-order valence-corrected chi connectivity index (χ4v) is 1.57. The molecule has 6 nitrogen and oxygen atoms in total. The van der Waals surface area contributed by atoms with Crippen LogP contribution in [0.3, 0.4) is 0 Å². The van der Waals surface area contributed by atoms with Crippen molar-refractivity contribution in [3.63, 3.8) is 0 Å². The standard InChI is InChI=1S/C13H14O6/c1-9-2-4-10(5-3-9)12(15)19-11-6-16-13(17-7-11)18-8-14/h2-5,8,11,13H,6-7H2,1H3. The molecule has 0 N–H and O–H groups in total. The third kappa shape index (κ3) is 3.77. The highest BCUT2D eigenvalue weighted by atomic mass is 16.9. The molecule has 0 aliphatic carbocycles. The van der Waals surface area contributed by atoms with Crippen LogP contribution in [0.4, 0.5) is 0 Å². The molecule has 1 aromatic carbocycles. The molecule has 0 saturated carbocycles. The fraction of sp³-hybridized carbons (Fsp3) is 0.385. The highest BCUT2D eigenvalue weighted by Crippen LogP contribution is 2.12. The minimum Gasteiger partial charge on any atom is -0.454 e. The van der Waals surface area contributed by atoms with E-state index in [1.165, 1.54) is 0 Å². The first-order chi connectivity index (χ1) is 9.19. The Labute approximate surface area is 110 Å². The molecule has 0 bridgehead atoms. The minimum atomic E-state index is -1.02. The average Bonchev–Trinajstić information content (AvgIpc) is 2.42. The average molecular weight is 266 g/mol. The first-order valence-electron chi connectivity index (χ1n) is 5.79. The molecule has 0 unspecified atom stereocenters. The molecule has 1 saturated heterocycles. The predicted octanol–water partition coefficient (Wildman–Crippen LogP) is 1.02. The van der Waals surface area contributed by atoms with Gasteiger partial charge in [0.15, 0.2) is 0 Å². The summed E-state index contributed by atoms with van der Waals surface area (Å²) in [4.78, 5) is 21.9. The number of rotatable bonds is 4. The van der Waals surface area contributed by atoms with E-state index < -0.39 is 18.5 Å². The summed E-state index contributed by atoms with van der Waals surface area (Å²) >= 11 is 0. The molecule has 1 aromatic rings. The molecule has 6 heteroatoms.